The summed E-state index contributed by atoms with van der Waals surface area (Å²) in [6.07, 6.45) is 13.1. The Morgan fingerprint density at radius 2 is 2.31 bits per heavy atom. The lowest BCUT2D eigenvalue weighted by Crippen LogP contribution is -2.20. The van der Waals surface area contributed by atoms with Gasteiger partial charge in [-0.15, -0.1) is 0 Å². The van der Waals surface area contributed by atoms with Crippen molar-refractivity contribution in [2.45, 2.75) is 25.3 Å². The van der Waals surface area contributed by atoms with Crippen LogP contribution in [0.4, 0.5) is 5.82 Å². The van der Waals surface area contributed by atoms with E-state index in [2.05, 4.69) is 27.4 Å². The molecule has 1 atom stereocenters. The van der Waals surface area contributed by atoms with Crippen molar-refractivity contribution in [3.8, 4) is 0 Å². The molecule has 0 saturated carbocycles. The topological polar surface area (TPSA) is 37.8 Å². The van der Waals surface area contributed by atoms with E-state index >= 15 is 0 Å². The predicted molar refractivity (Wildman–Crippen MR) is 52.4 cm³/mol. The quantitative estimate of drug-likeness (QED) is 0.698. The SMILES string of the molecule is C1=CCC(Nc2cnccn2)CC1. The molecular formula is C10H13N3. The largest absolute Gasteiger partial charge is 0.366 e. The van der Waals surface area contributed by atoms with Gasteiger partial charge in [0.1, 0.15) is 5.82 Å². The first-order valence-electron chi connectivity index (χ1n) is 4.63. The first-order valence-corrected chi connectivity index (χ1v) is 4.63. The first-order chi connectivity index (χ1) is 6.45. The molecule has 0 radical (unpaired) electrons. The number of rotatable bonds is 2. The van der Waals surface area contributed by atoms with Crippen LogP contribution in [0.5, 0.6) is 0 Å². The number of hydrogen-bond acceptors (Lipinski definition) is 3. The van der Waals surface area contributed by atoms with Crippen molar-refractivity contribution in [3.05, 3.63) is 30.7 Å². The second-order valence-electron chi connectivity index (χ2n) is 3.22. The summed E-state index contributed by atoms with van der Waals surface area (Å²) < 4.78 is 0. The Morgan fingerprint density at radius 1 is 1.31 bits per heavy atom. The minimum absolute atomic E-state index is 0.529. The summed E-state index contributed by atoms with van der Waals surface area (Å²) in [5.41, 5.74) is 0. The van der Waals surface area contributed by atoms with Crippen LogP contribution in [0.3, 0.4) is 0 Å². The molecule has 1 unspecified atom stereocenters. The molecule has 0 spiro atoms. The maximum absolute atomic E-state index is 4.18. The van der Waals surface area contributed by atoms with Gasteiger partial charge in [-0.05, 0) is 19.3 Å². The molecule has 0 bridgehead atoms. The van der Waals surface area contributed by atoms with Gasteiger partial charge in [0.2, 0.25) is 0 Å². The lowest BCUT2D eigenvalue weighted by molar-refractivity contribution is 0.641. The average molecular weight is 175 g/mol. The number of aromatic nitrogens is 2. The molecule has 0 saturated heterocycles. The van der Waals surface area contributed by atoms with E-state index < -0.39 is 0 Å². The molecule has 1 aromatic rings. The Labute approximate surface area is 77.9 Å². The Bertz CT molecular complexity index is 281. The van der Waals surface area contributed by atoms with E-state index in [9.17, 15) is 0 Å². The van der Waals surface area contributed by atoms with Crippen LogP contribution in [0.1, 0.15) is 19.3 Å². The summed E-state index contributed by atoms with van der Waals surface area (Å²) in [6.45, 7) is 0. The molecule has 0 fully saturated rings. The highest BCUT2D eigenvalue weighted by molar-refractivity contribution is 5.31. The fourth-order valence-electron chi connectivity index (χ4n) is 1.51. The molecule has 13 heavy (non-hydrogen) atoms. The van der Waals surface area contributed by atoms with Crippen molar-refractivity contribution < 1.29 is 0 Å². The number of hydrogen-bond donors (Lipinski definition) is 1. The van der Waals surface area contributed by atoms with Crippen molar-refractivity contribution in [1.82, 2.24) is 9.97 Å². The standard InChI is InChI=1S/C10H13N3/c1-2-4-9(5-3-1)13-10-8-11-6-7-12-10/h1-2,6-9H,3-5H2,(H,12,13). The first kappa shape index (κ1) is 8.23. The van der Waals surface area contributed by atoms with Gasteiger partial charge in [0.15, 0.2) is 0 Å². The van der Waals surface area contributed by atoms with Crippen LogP contribution in [0.25, 0.3) is 0 Å². The third-order valence-corrected chi connectivity index (χ3v) is 2.18. The van der Waals surface area contributed by atoms with Gasteiger partial charge in [0, 0.05) is 18.4 Å². The zero-order valence-corrected chi connectivity index (χ0v) is 7.48. The number of nitrogens with one attached hydrogen (secondary N) is 1. The van der Waals surface area contributed by atoms with Crippen molar-refractivity contribution >= 4 is 5.82 Å². The van der Waals surface area contributed by atoms with Gasteiger partial charge in [0.25, 0.3) is 0 Å². The fraction of sp³-hybridized carbons (Fsp3) is 0.400. The van der Waals surface area contributed by atoms with E-state index in [1.165, 1.54) is 6.42 Å². The highest BCUT2D eigenvalue weighted by Crippen LogP contribution is 2.14. The summed E-state index contributed by atoms with van der Waals surface area (Å²) in [6, 6.07) is 0.529. The van der Waals surface area contributed by atoms with E-state index in [0.717, 1.165) is 18.7 Å². The average Bonchev–Trinajstić information content (AvgIpc) is 2.21. The van der Waals surface area contributed by atoms with Crippen LogP contribution in [0.2, 0.25) is 0 Å². The smallest absolute Gasteiger partial charge is 0.144 e. The Balaban J connectivity index is 1.94. The summed E-state index contributed by atoms with van der Waals surface area (Å²) in [7, 11) is 0. The number of anilines is 1. The second-order valence-corrected chi connectivity index (χ2v) is 3.22. The molecule has 0 amide bonds. The minimum Gasteiger partial charge on any atom is -0.366 e. The van der Waals surface area contributed by atoms with Crippen LogP contribution < -0.4 is 5.32 Å². The Morgan fingerprint density at radius 3 is 3.00 bits per heavy atom. The monoisotopic (exact) mass is 175 g/mol. The van der Waals surface area contributed by atoms with E-state index in [-0.39, 0.29) is 0 Å². The van der Waals surface area contributed by atoms with Gasteiger partial charge in [-0.1, -0.05) is 12.2 Å². The molecule has 0 aromatic carbocycles. The van der Waals surface area contributed by atoms with Crippen LogP contribution in [0, 0.1) is 0 Å². The molecule has 1 aromatic heterocycles. The predicted octanol–water partition coefficient (Wildman–Crippen LogP) is 2.00. The van der Waals surface area contributed by atoms with Crippen molar-refractivity contribution in [3.63, 3.8) is 0 Å². The summed E-state index contributed by atoms with van der Waals surface area (Å²) in [5, 5.41) is 3.36. The van der Waals surface area contributed by atoms with E-state index in [1.807, 2.05) is 0 Å². The molecule has 1 aliphatic carbocycles. The van der Waals surface area contributed by atoms with Crippen LogP contribution in [-0.2, 0) is 0 Å². The number of allylic oxidation sites excluding steroid dienone is 1. The zero-order valence-electron chi connectivity index (χ0n) is 7.48. The molecule has 2 rings (SSSR count). The molecule has 1 aliphatic rings. The molecular weight excluding hydrogens is 162 g/mol. The van der Waals surface area contributed by atoms with E-state index in [4.69, 9.17) is 0 Å². The summed E-state index contributed by atoms with van der Waals surface area (Å²) >= 11 is 0. The maximum Gasteiger partial charge on any atom is 0.144 e. The van der Waals surface area contributed by atoms with Gasteiger partial charge in [-0.2, -0.15) is 0 Å². The van der Waals surface area contributed by atoms with Gasteiger partial charge < -0.3 is 5.32 Å². The van der Waals surface area contributed by atoms with Gasteiger partial charge in [-0.25, -0.2) is 4.98 Å². The van der Waals surface area contributed by atoms with Crippen LogP contribution in [0.15, 0.2) is 30.7 Å². The lowest BCUT2D eigenvalue weighted by Gasteiger charge is -2.19. The highest BCUT2D eigenvalue weighted by atomic mass is 15.0. The normalized spacial score (nSPS) is 21.4. The third kappa shape index (κ3) is 2.28. The maximum atomic E-state index is 4.18. The molecule has 68 valence electrons. The molecule has 3 heteroatoms. The fourth-order valence-corrected chi connectivity index (χ4v) is 1.51. The van der Waals surface area contributed by atoms with E-state index in [0.29, 0.717) is 6.04 Å². The Hall–Kier alpha value is -1.38. The van der Waals surface area contributed by atoms with Crippen LogP contribution in [-0.4, -0.2) is 16.0 Å². The highest BCUT2D eigenvalue weighted by Gasteiger charge is 2.09. The van der Waals surface area contributed by atoms with Gasteiger partial charge in [0.05, 0.1) is 6.20 Å². The van der Waals surface area contributed by atoms with Crippen molar-refractivity contribution in [2.24, 2.45) is 0 Å². The molecule has 1 N–H and O–H groups in total. The van der Waals surface area contributed by atoms with Crippen molar-refractivity contribution in [2.75, 3.05) is 5.32 Å². The minimum atomic E-state index is 0.529. The Kier molecular flexibility index (Phi) is 2.55. The molecule has 3 nitrogen and oxygen atoms in total. The number of nitrogens with zero attached hydrogens (tertiary/aromatic N) is 2. The molecule has 0 aliphatic heterocycles. The van der Waals surface area contributed by atoms with Crippen molar-refractivity contribution in [1.29, 1.82) is 0 Å². The van der Waals surface area contributed by atoms with Crippen LogP contribution >= 0.6 is 0 Å². The second kappa shape index (κ2) is 4.03. The lowest BCUT2D eigenvalue weighted by atomic mass is 10.0. The van der Waals surface area contributed by atoms with Gasteiger partial charge >= 0.3 is 0 Å². The van der Waals surface area contributed by atoms with Gasteiger partial charge in [-0.3, -0.25) is 4.98 Å². The summed E-state index contributed by atoms with van der Waals surface area (Å²) in [4.78, 5) is 8.18. The summed E-state index contributed by atoms with van der Waals surface area (Å²) in [5.74, 6) is 0.878. The third-order valence-electron chi connectivity index (χ3n) is 2.18. The van der Waals surface area contributed by atoms with E-state index in [1.54, 1.807) is 18.6 Å². The zero-order chi connectivity index (χ0) is 8.93. The molecule has 1 heterocycles.